The second kappa shape index (κ2) is 8.72. The third-order valence-electron chi connectivity index (χ3n) is 5.25. The SMILES string of the molecule is Cn1cc(-c2cn3nc(C(=O)O)cc3c(O[C@@H]3CCCN(C(=O)OC(C)(C)C)CC3)n2)cn1. The molecule has 11 heteroatoms. The number of ether oxygens (including phenoxy) is 2. The zero-order valence-electron chi connectivity index (χ0n) is 19.2. The molecule has 1 atom stereocenters. The number of carboxylic acid groups (broad SMARTS) is 1. The van der Waals surface area contributed by atoms with Gasteiger partial charge in [0.25, 0.3) is 0 Å². The first-order valence-corrected chi connectivity index (χ1v) is 10.9. The number of nitrogens with zero attached hydrogens (tertiary/aromatic N) is 6. The summed E-state index contributed by atoms with van der Waals surface area (Å²) in [6.07, 6.45) is 6.69. The van der Waals surface area contributed by atoms with E-state index >= 15 is 0 Å². The highest BCUT2D eigenvalue weighted by Crippen LogP contribution is 2.27. The van der Waals surface area contributed by atoms with Crippen molar-refractivity contribution in [1.82, 2.24) is 29.3 Å². The number of carbonyl (C=O) groups is 2. The molecule has 11 nitrogen and oxygen atoms in total. The first-order valence-electron chi connectivity index (χ1n) is 10.9. The molecule has 33 heavy (non-hydrogen) atoms. The van der Waals surface area contributed by atoms with Crippen LogP contribution in [0.25, 0.3) is 16.8 Å². The number of amides is 1. The van der Waals surface area contributed by atoms with E-state index in [4.69, 9.17) is 9.47 Å². The topological polar surface area (TPSA) is 124 Å². The quantitative estimate of drug-likeness (QED) is 0.635. The summed E-state index contributed by atoms with van der Waals surface area (Å²) in [6, 6.07) is 1.45. The maximum absolute atomic E-state index is 12.5. The number of aromatic nitrogens is 5. The van der Waals surface area contributed by atoms with Crippen LogP contribution in [0.3, 0.4) is 0 Å². The molecule has 0 radical (unpaired) electrons. The Hall–Kier alpha value is -3.63. The Kier molecular flexibility index (Phi) is 5.96. The third kappa shape index (κ3) is 5.24. The van der Waals surface area contributed by atoms with E-state index in [0.717, 1.165) is 18.4 Å². The molecule has 0 aromatic carbocycles. The van der Waals surface area contributed by atoms with Crippen LogP contribution >= 0.6 is 0 Å². The first-order chi connectivity index (χ1) is 15.6. The molecule has 4 rings (SSSR count). The molecule has 3 aromatic heterocycles. The smallest absolute Gasteiger partial charge is 0.410 e. The van der Waals surface area contributed by atoms with Gasteiger partial charge in [-0.3, -0.25) is 4.68 Å². The van der Waals surface area contributed by atoms with Gasteiger partial charge >= 0.3 is 12.1 Å². The number of hydrogen-bond acceptors (Lipinski definition) is 7. The van der Waals surface area contributed by atoms with Gasteiger partial charge in [-0.1, -0.05) is 0 Å². The molecule has 0 saturated carbocycles. The summed E-state index contributed by atoms with van der Waals surface area (Å²) >= 11 is 0. The zero-order valence-corrected chi connectivity index (χ0v) is 19.2. The van der Waals surface area contributed by atoms with Crippen LogP contribution in [0.4, 0.5) is 4.79 Å². The first kappa shape index (κ1) is 22.6. The van der Waals surface area contributed by atoms with Crippen LogP contribution in [0.2, 0.25) is 0 Å². The van der Waals surface area contributed by atoms with Crippen LogP contribution in [-0.2, 0) is 11.8 Å². The van der Waals surface area contributed by atoms with Crippen molar-refractivity contribution in [2.45, 2.75) is 51.7 Å². The second-order valence-corrected chi connectivity index (χ2v) is 9.14. The summed E-state index contributed by atoms with van der Waals surface area (Å²) in [5.41, 5.74) is 1.14. The fourth-order valence-corrected chi connectivity index (χ4v) is 3.70. The van der Waals surface area contributed by atoms with Crippen molar-refractivity contribution in [1.29, 1.82) is 0 Å². The average molecular weight is 457 g/mol. The van der Waals surface area contributed by atoms with Gasteiger partial charge in [0.05, 0.1) is 18.1 Å². The lowest BCUT2D eigenvalue weighted by molar-refractivity contribution is 0.0251. The molecular formula is C22H28N6O5. The van der Waals surface area contributed by atoms with Crippen LogP contribution in [-0.4, -0.2) is 71.2 Å². The van der Waals surface area contributed by atoms with Gasteiger partial charge in [0.15, 0.2) is 5.69 Å². The summed E-state index contributed by atoms with van der Waals surface area (Å²) < 4.78 is 14.9. The summed E-state index contributed by atoms with van der Waals surface area (Å²) in [5.74, 6) is -0.831. The number of fused-ring (bicyclic) bond motifs is 1. The van der Waals surface area contributed by atoms with E-state index in [1.165, 1.54) is 10.6 Å². The number of carbonyl (C=O) groups excluding carboxylic acids is 1. The highest BCUT2D eigenvalue weighted by Gasteiger charge is 2.27. The van der Waals surface area contributed by atoms with Crippen molar-refractivity contribution in [2.75, 3.05) is 13.1 Å². The third-order valence-corrected chi connectivity index (χ3v) is 5.25. The van der Waals surface area contributed by atoms with E-state index in [0.29, 0.717) is 36.6 Å². The number of hydrogen-bond donors (Lipinski definition) is 1. The van der Waals surface area contributed by atoms with E-state index in [1.54, 1.807) is 29.0 Å². The van der Waals surface area contributed by atoms with E-state index < -0.39 is 11.6 Å². The maximum atomic E-state index is 12.5. The van der Waals surface area contributed by atoms with Crippen molar-refractivity contribution in [3.8, 4) is 17.1 Å². The molecule has 0 aliphatic carbocycles. The summed E-state index contributed by atoms with van der Waals surface area (Å²) in [6.45, 7) is 6.62. The molecule has 1 aliphatic heterocycles. The number of likely N-dealkylation sites (tertiary alicyclic amines) is 1. The van der Waals surface area contributed by atoms with Crippen LogP contribution in [0.5, 0.6) is 5.88 Å². The number of carboxylic acids is 1. The minimum absolute atomic E-state index is 0.0954. The molecule has 1 fully saturated rings. The van der Waals surface area contributed by atoms with E-state index in [1.807, 2.05) is 27.0 Å². The van der Waals surface area contributed by atoms with Gasteiger partial charge in [-0.05, 0) is 33.6 Å². The standard InChI is InChI=1S/C22H28N6O5/c1-22(2,3)33-21(31)27-8-5-6-15(7-9-27)32-19-18-10-16(20(29)30)25-28(18)13-17(24-19)14-11-23-26(4)12-14/h10-13,15H,5-9H2,1-4H3,(H,29,30)/t15-/m1/s1. The molecule has 1 saturated heterocycles. The Bertz CT molecular complexity index is 1180. The van der Waals surface area contributed by atoms with Crippen LogP contribution in [0.15, 0.2) is 24.7 Å². The van der Waals surface area contributed by atoms with Crippen molar-refractivity contribution in [2.24, 2.45) is 7.05 Å². The van der Waals surface area contributed by atoms with Crippen LogP contribution in [0.1, 0.15) is 50.5 Å². The normalized spacial score (nSPS) is 17.1. The fourth-order valence-electron chi connectivity index (χ4n) is 3.70. The van der Waals surface area contributed by atoms with Crippen LogP contribution in [0, 0.1) is 0 Å². The summed E-state index contributed by atoms with van der Waals surface area (Å²) in [7, 11) is 1.80. The van der Waals surface area contributed by atoms with Gasteiger partial charge in [0.2, 0.25) is 5.88 Å². The zero-order chi connectivity index (χ0) is 23.8. The lowest BCUT2D eigenvalue weighted by Crippen LogP contribution is -2.37. The monoisotopic (exact) mass is 456 g/mol. The molecule has 4 heterocycles. The van der Waals surface area contributed by atoms with E-state index in [-0.39, 0.29) is 17.9 Å². The van der Waals surface area contributed by atoms with Crippen molar-refractivity contribution in [3.05, 3.63) is 30.4 Å². The molecule has 0 bridgehead atoms. The predicted molar refractivity (Wildman–Crippen MR) is 118 cm³/mol. The summed E-state index contributed by atoms with van der Waals surface area (Å²) in [5, 5.41) is 17.7. The Morgan fingerprint density at radius 1 is 1.18 bits per heavy atom. The highest BCUT2D eigenvalue weighted by atomic mass is 16.6. The van der Waals surface area contributed by atoms with Crippen molar-refractivity contribution in [3.63, 3.8) is 0 Å². The lowest BCUT2D eigenvalue weighted by Gasteiger charge is -2.26. The van der Waals surface area contributed by atoms with Crippen molar-refractivity contribution < 1.29 is 24.2 Å². The average Bonchev–Trinajstić information content (AvgIpc) is 3.28. The Morgan fingerprint density at radius 2 is 1.97 bits per heavy atom. The molecule has 0 spiro atoms. The van der Waals surface area contributed by atoms with Crippen molar-refractivity contribution >= 4 is 17.6 Å². The fraction of sp³-hybridized carbons (Fsp3) is 0.500. The molecule has 176 valence electrons. The molecule has 0 unspecified atom stereocenters. The number of aryl methyl sites for hydroxylation is 1. The second-order valence-electron chi connectivity index (χ2n) is 9.14. The van der Waals surface area contributed by atoms with Gasteiger partial charge in [-0.25, -0.2) is 19.1 Å². The molecular weight excluding hydrogens is 428 g/mol. The minimum atomic E-state index is -1.13. The largest absolute Gasteiger partial charge is 0.476 e. The number of rotatable bonds is 4. The highest BCUT2D eigenvalue weighted by molar-refractivity contribution is 5.87. The van der Waals surface area contributed by atoms with Gasteiger partial charge in [0.1, 0.15) is 17.2 Å². The van der Waals surface area contributed by atoms with Gasteiger partial charge in [0, 0.05) is 44.4 Å². The van der Waals surface area contributed by atoms with E-state index in [9.17, 15) is 14.7 Å². The Labute approximate surface area is 190 Å². The lowest BCUT2D eigenvalue weighted by atomic mass is 10.1. The molecule has 1 aliphatic rings. The van der Waals surface area contributed by atoms with Crippen LogP contribution < -0.4 is 4.74 Å². The van der Waals surface area contributed by atoms with Gasteiger partial charge in [-0.2, -0.15) is 10.2 Å². The minimum Gasteiger partial charge on any atom is -0.476 e. The van der Waals surface area contributed by atoms with Gasteiger partial charge in [-0.15, -0.1) is 0 Å². The van der Waals surface area contributed by atoms with E-state index in [2.05, 4.69) is 15.2 Å². The molecule has 1 N–H and O–H groups in total. The van der Waals surface area contributed by atoms with Gasteiger partial charge < -0.3 is 19.5 Å². The molecule has 3 aromatic rings. The Balaban J connectivity index is 1.58. The molecule has 1 amide bonds. The summed E-state index contributed by atoms with van der Waals surface area (Å²) in [4.78, 5) is 30.3. The maximum Gasteiger partial charge on any atom is 0.410 e. The Morgan fingerprint density at radius 3 is 2.64 bits per heavy atom. The predicted octanol–water partition coefficient (Wildman–Crippen LogP) is 3.00. The number of aromatic carboxylic acids is 1.